The van der Waals surface area contributed by atoms with Gasteiger partial charge in [-0.1, -0.05) is 6.08 Å². The van der Waals surface area contributed by atoms with Gasteiger partial charge in [0.05, 0.1) is 0 Å². The molecule has 1 saturated heterocycles. The summed E-state index contributed by atoms with van der Waals surface area (Å²) in [5.74, 6) is -0.365. The van der Waals surface area contributed by atoms with Crippen molar-refractivity contribution >= 4 is 12.0 Å². The molecule has 6 nitrogen and oxygen atoms in total. The van der Waals surface area contributed by atoms with Crippen molar-refractivity contribution in [1.29, 1.82) is 0 Å². The Balaban J connectivity index is 2.26. The van der Waals surface area contributed by atoms with Gasteiger partial charge >= 0.3 is 12.0 Å². The van der Waals surface area contributed by atoms with E-state index in [1.165, 1.54) is 11.0 Å². The third-order valence-corrected chi connectivity index (χ3v) is 3.63. The zero-order valence-corrected chi connectivity index (χ0v) is 12.2. The maximum Gasteiger partial charge on any atom is 0.323 e. The number of carbonyl (C=O) groups is 2. The fourth-order valence-electron chi connectivity index (χ4n) is 2.38. The van der Waals surface area contributed by atoms with E-state index in [2.05, 4.69) is 23.8 Å². The number of hydrogen-bond acceptors (Lipinski definition) is 3. The van der Waals surface area contributed by atoms with E-state index >= 15 is 0 Å². The minimum absolute atomic E-state index is 0.242. The van der Waals surface area contributed by atoms with E-state index in [1.807, 2.05) is 0 Å². The van der Waals surface area contributed by atoms with Crippen LogP contribution >= 0.6 is 0 Å². The monoisotopic (exact) mass is 283 g/mol. The summed E-state index contributed by atoms with van der Waals surface area (Å²) in [6, 6.07) is -0.333. The predicted octanol–water partition coefficient (Wildman–Crippen LogP) is 1.00. The lowest BCUT2D eigenvalue weighted by molar-refractivity contribution is -0.137. The second kappa shape index (κ2) is 8.58. The Morgan fingerprint density at radius 3 is 2.65 bits per heavy atom. The molecule has 0 aromatic carbocycles. The third-order valence-electron chi connectivity index (χ3n) is 3.63. The largest absolute Gasteiger partial charge is 0.480 e. The van der Waals surface area contributed by atoms with Gasteiger partial charge in [-0.15, -0.1) is 6.58 Å². The summed E-state index contributed by atoms with van der Waals surface area (Å²) < 4.78 is 0. The molecule has 2 amide bonds. The van der Waals surface area contributed by atoms with Gasteiger partial charge in [0.25, 0.3) is 0 Å². The second-order valence-electron chi connectivity index (χ2n) is 5.33. The van der Waals surface area contributed by atoms with E-state index in [0.717, 1.165) is 32.4 Å². The van der Waals surface area contributed by atoms with E-state index in [1.54, 1.807) is 0 Å². The van der Waals surface area contributed by atoms with Crippen LogP contribution in [-0.2, 0) is 4.79 Å². The Labute approximate surface area is 120 Å². The number of nitrogens with zero attached hydrogens (tertiary/aromatic N) is 2. The van der Waals surface area contributed by atoms with Gasteiger partial charge in [-0.05, 0) is 45.3 Å². The molecule has 0 aliphatic carbocycles. The summed E-state index contributed by atoms with van der Waals surface area (Å²) >= 11 is 0. The molecule has 0 radical (unpaired) electrons. The molecule has 1 fully saturated rings. The first kappa shape index (κ1) is 16.5. The second-order valence-corrected chi connectivity index (χ2v) is 5.33. The van der Waals surface area contributed by atoms with E-state index < -0.39 is 5.97 Å². The molecule has 0 atom stereocenters. The van der Waals surface area contributed by atoms with E-state index in [4.69, 9.17) is 5.11 Å². The summed E-state index contributed by atoms with van der Waals surface area (Å²) in [6.45, 7) is 6.29. The summed E-state index contributed by atoms with van der Waals surface area (Å²) in [5, 5.41) is 11.5. The van der Waals surface area contributed by atoms with Crippen LogP contribution in [0.1, 0.15) is 19.3 Å². The quantitative estimate of drug-likeness (QED) is 0.684. The molecule has 0 spiro atoms. The lowest BCUT2D eigenvalue weighted by Crippen LogP contribution is -2.43. The van der Waals surface area contributed by atoms with Crippen molar-refractivity contribution in [2.45, 2.75) is 19.3 Å². The zero-order chi connectivity index (χ0) is 15.0. The van der Waals surface area contributed by atoms with Gasteiger partial charge < -0.3 is 20.2 Å². The van der Waals surface area contributed by atoms with Crippen molar-refractivity contribution in [3.8, 4) is 0 Å². The number of amides is 2. The highest BCUT2D eigenvalue weighted by molar-refractivity contribution is 5.80. The van der Waals surface area contributed by atoms with Gasteiger partial charge in [0, 0.05) is 13.1 Å². The van der Waals surface area contributed by atoms with Crippen molar-refractivity contribution in [2.24, 2.45) is 5.92 Å². The molecular formula is C14H25N3O3. The summed E-state index contributed by atoms with van der Waals surface area (Å²) in [4.78, 5) is 26.1. The summed E-state index contributed by atoms with van der Waals surface area (Å²) in [6.07, 6.45) is 4.81. The Bertz CT molecular complexity index is 339. The molecule has 20 heavy (non-hydrogen) atoms. The summed E-state index contributed by atoms with van der Waals surface area (Å²) in [7, 11) is 2.12. The Morgan fingerprint density at radius 1 is 1.45 bits per heavy atom. The normalized spacial score (nSPS) is 16.6. The van der Waals surface area contributed by atoms with E-state index in [-0.39, 0.29) is 19.1 Å². The first-order chi connectivity index (χ1) is 9.52. The molecular weight excluding hydrogens is 258 g/mol. The fraction of sp³-hybridized carbons (Fsp3) is 0.714. The minimum Gasteiger partial charge on any atom is -0.480 e. The number of carboxylic acid groups (broad SMARTS) is 1. The number of piperidine rings is 1. The molecule has 0 bridgehead atoms. The number of nitrogens with one attached hydrogen (secondary N) is 1. The number of hydrogen-bond donors (Lipinski definition) is 2. The Hall–Kier alpha value is -1.56. The Kier molecular flexibility index (Phi) is 7.08. The minimum atomic E-state index is -1.02. The first-order valence-corrected chi connectivity index (χ1v) is 7.07. The number of urea groups is 1. The highest BCUT2D eigenvalue weighted by atomic mass is 16.4. The van der Waals surface area contributed by atoms with Gasteiger partial charge in [0.15, 0.2) is 0 Å². The van der Waals surface area contributed by atoms with Crippen LogP contribution in [-0.4, -0.2) is 66.7 Å². The lowest BCUT2D eigenvalue weighted by atomic mass is 9.94. The maximum absolute atomic E-state index is 11.9. The molecule has 1 aliphatic rings. The molecule has 1 rings (SSSR count). The van der Waals surface area contributed by atoms with Crippen molar-refractivity contribution < 1.29 is 14.7 Å². The molecule has 2 N–H and O–H groups in total. The fourth-order valence-corrected chi connectivity index (χ4v) is 2.38. The van der Waals surface area contributed by atoms with Crippen LogP contribution in [0.2, 0.25) is 0 Å². The topological polar surface area (TPSA) is 72.9 Å². The van der Waals surface area contributed by atoms with Crippen LogP contribution in [0.3, 0.4) is 0 Å². The van der Waals surface area contributed by atoms with Gasteiger partial charge in [0.1, 0.15) is 6.54 Å². The maximum atomic E-state index is 11.9. The standard InChI is InChI=1S/C14H25N3O3/c1-3-8-17(11-13(18)19)14(20)15-7-4-12-5-9-16(2)10-6-12/h3,12H,1,4-11H2,2H3,(H,15,20)(H,18,19). The number of rotatable bonds is 7. The average Bonchev–Trinajstić information content (AvgIpc) is 2.40. The smallest absolute Gasteiger partial charge is 0.323 e. The molecule has 1 heterocycles. The predicted molar refractivity (Wildman–Crippen MR) is 77.6 cm³/mol. The average molecular weight is 283 g/mol. The zero-order valence-electron chi connectivity index (χ0n) is 12.2. The van der Waals surface area contributed by atoms with Gasteiger partial charge in [0.2, 0.25) is 0 Å². The molecule has 1 aliphatic heterocycles. The van der Waals surface area contributed by atoms with Gasteiger partial charge in [-0.25, -0.2) is 4.79 Å². The van der Waals surface area contributed by atoms with Crippen LogP contribution in [0.15, 0.2) is 12.7 Å². The molecule has 6 heteroatoms. The van der Waals surface area contributed by atoms with Crippen molar-refractivity contribution in [1.82, 2.24) is 15.1 Å². The highest BCUT2D eigenvalue weighted by Crippen LogP contribution is 2.18. The van der Waals surface area contributed by atoms with Crippen LogP contribution in [0.25, 0.3) is 0 Å². The van der Waals surface area contributed by atoms with Crippen molar-refractivity contribution in [2.75, 3.05) is 39.8 Å². The number of carboxylic acids is 1. The SMILES string of the molecule is C=CCN(CC(=O)O)C(=O)NCCC1CCN(C)CC1. The Morgan fingerprint density at radius 2 is 2.10 bits per heavy atom. The summed E-state index contributed by atoms with van der Waals surface area (Å²) in [5.41, 5.74) is 0. The third kappa shape index (κ3) is 6.06. The molecule has 0 aromatic heterocycles. The number of likely N-dealkylation sites (tertiary alicyclic amines) is 1. The van der Waals surface area contributed by atoms with Crippen molar-refractivity contribution in [3.63, 3.8) is 0 Å². The van der Waals surface area contributed by atoms with E-state index in [9.17, 15) is 9.59 Å². The van der Waals surface area contributed by atoms with Crippen LogP contribution in [0.5, 0.6) is 0 Å². The van der Waals surface area contributed by atoms with Crippen molar-refractivity contribution in [3.05, 3.63) is 12.7 Å². The van der Waals surface area contributed by atoms with Crippen LogP contribution in [0, 0.1) is 5.92 Å². The first-order valence-electron chi connectivity index (χ1n) is 7.07. The van der Waals surface area contributed by atoms with Crippen LogP contribution in [0.4, 0.5) is 4.79 Å². The van der Waals surface area contributed by atoms with Gasteiger partial charge in [-0.2, -0.15) is 0 Å². The molecule has 0 aromatic rings. The van der Waals surface area contributed by atoms with E-state index in [0.29, 0.717) is 12.5 Å². The lowest BCUT2D eigenvalue weighted by Gasteiger charge is -2.29. The van der Waals surface area contributed by atoms with Gasteiger partial charge in [-0.3, -0.25) is 4.79 Å². The molecule has 0 unspecified atom stereocenters. The highest BCUT2D eigenvalue weighted by Gasteiger charge is 2.18. The number of aliphatic carboxylic acids is 1. The number of carbonyl (C=O) groups excluding carboxylic acids is 1. The van der Waals surface area contributed by atoms with Crippen LogP contribution < -0.4 is 5.32 Å². The molecule has 114 valence electrons. The molecule has 0 saturated carbocycles.